The van der Waals surface area contributed by atoms with Crippen molar-refractivity contribution in [2.24, 2.45) is 4.99 Å². The van der Waals surface area contributed by atoms with Gasteiger partial charge in [0.2, 0.25) is 0 Å². The fourth-order valence-electron chi connectivity index (χ4n) is 2.49. The normalized spacial score (nSPS) is 15.8. The van der Waals surface area contributed by atoms with Crippen LogP contribution in [0.5, 0.6) is 11.5 Å². The molecule has 0 radical (unpaired) electrons. The second-order valence-corrected chi connectivity index (χ2v) is 6.82. The summed E-state index contributed by atoms with van der Waals surface area (Å²) in [4.78, 5) is 28.9. The highest BCUT2D eigenvalue weighted by Crippen LogP contribution is 2.32. The zero-order valence-electron chi connectivity index (χ0n) is 15.7. The van der Waals surface area contributed by atoms with E-state index in [-0.39, 0.29) is 17.7 Å². The van der Waals surface area contributed by atoms with E-state index in [0.29, 0.717) is 28.6 Å². The molecule has 1 aliphatic rings. The van der Waals surface area contributed by atoms with Crippen LogP contribution in [0.15, 0.2) is 58.4 Å². The van der Waals surface area contributed by atoms with Crippen molar-refractivity contribution >= 4 is 34.8 Å². The first-order chi connectivity index (χ1) is 14.1. The molecule has 0 aromatic heterocycles. The summed E-state index contributed by atoms with van der Waals surface area (Å²) in [5.41, 5.74) is 1.20. The molecule has 29 heavy (non-hydrogen) atoms. The molecule has 0 spiro atoms. The summed E-state index contributed by atoms with van der Waals surface area (Å²) in [7, 11) is 0. The van der Waals surface area contributed by atoms with E-state index in [9.17, 15) is 9.59 Å². The molecule has 2 aromatic carbocycles. The fourth-order valence-corrected chi connectivity index (χ4v) is 3.31. The number of hydrogen-bond donors (Lipinski definition) is 1. The average Bonchev–Trinajstić information content (AvgIpc) is 3.07. The number of nitrogens with one attached hydrogen (secondary N) is 1. The zero-order valence-corrected chi connectivity index (χ0v) is 16.5. The third kappa shape index (κ3) is 5.27. The number of carbonyl (C=O) groups is 2. The lowest BCUT2D eigenvalue weighted by Gasteiger charge is -2.11. The highest BCUT2D eigenvalue weighted by Gasteiger charge is 2.25. The lowest BCUT2D eigenvalue weighted by Crippen LogP contribution is -2.20. The Bertz CT molecular complexity index is 1020. The predicted octanol–water partition coefficient (Wildman–Crippen LogP) is 3.50. The Balaban J connectivity index is 1.79. The van der Waals surface area contributed by atoms with E-state index in [2.05, 4.69) is 16.2 Å². The van der Waals surface area contributed by atoms with Gasteiger partial charge in [0.15, 0.2) is 16.7 Å². The van der Waals surface area contributed by atoms with Crippen LogP contribution in [-0.2, 0) is 4.79 Å². The van der Waals surface area contributed by atoms with Crippen molar-refractivity contribution in [3.63, 3.8) is 0 Å². The van der Waals surface area contributed by atoms with Crippen molar-refractivity contribution in [1.82, 2.24) is 5.32 Å². The summed E-state index contributed by atoms with van der Waals surface area (Å²) in [6.45, 7) is 2.46. The molecule has 2 amide bonds. The minimum absolute atomic E-state index is 0.133. The summed E-state index contributed by atoms with van der Waals surface area (Å²) in [6, 6.07) is 14.0. The van der Waals surface area contributed by atoms with E-state index in [1.165, 1.54) is 0 Å². The number of aliphatic imine (C=N–C) groups is 1. The molecule has 0 bridgehead atoms. The summed E-state index contributed by atoms with van der Waals surface area (Å²) in [5.74, 6) is 2.75. The van der Waals surface area contributed by atoms with Gasteiger partial charge < -0.3 is 14.8 Å². The van der Waals surface area contributed by atoms with Gasteiger partial charge in [-0.15, -0.1) is 6.42 Å². The molecule has 0 saturated carbocycles. The number of thioether (sulfide) groups is 1. The second-order valence-electron chi connectivity index (χ2n) is 5.78. The lowest BCUT2D eigenvalue weighted by molar-refractivity contribution is -0.115. The summed E-state index contributed by atoms with van der Waals surface area (Å²) in [5, 5.41) is 2.86. The number of amides is 2. The maximum absolute atomic E-state index is 12.3. The van der Waals surface area contributed by atoms with Crippen LogP contribution in [0.3, 0.4) is 0 Å². The minimum Gasteiger partial charge on any atom is -0.490 e. The number of amidine groups is 1. The molecule has 2 aromatic rings. The van der Waals surface area contributed by atoms with E-state index >= 15 is 0 Å². The number of hydrogen-bond acceptors (Lipinski definition) is 5. The molecule has 1 heterocycles. The highest BCUT2D eigenvalue weighted by molar-refractivity contribution is 8.18. The van der Waals surface area contributed by atoms with Crippen molar-refractivity contribution in [2.75, 3.05) is 13.2 Å². The van der Waals surface area contributed by atoms with Gasteiger partial charge in [0.05, 0.1) is 11.5 Å². The van der Waals surface area contributed by atoms with Gasteiger partial charge in [-0.25, -0.2) is 0 Å². The van der Waals surface area contributed by atoms with Gasteiger partial charge in [-0.2, -0.15) is 4.99 Å². The van der Waals surface area contributed by atoms with Gasteiger partial charge in [0.1, 0.15) is 6.61 Å². The standard InChI is InChI=1S/C22H18N2O4S/c1-3-12-28-17-11-10-15(13-18(17)27-4-2)14-19-21(26)24-22(29-19)23-20(25)16-8-6-5-7-9-16/h1,5-11,13-14H,4,12H2,2H3,(H,23,24,25,26)/b19-14-. The summed E-state index contributed by atoms with van der Waals surface area (Å²) >= 11 is 1.10. The minimum atomic E-state index is -0.414. The summed E-state index contributed by atoms with van der Waals surface area (Å²) in [6.07, 6.45) is 6.93. The Labute approximate surface area is 173 Å². The van der Waals surface area contributed by atoms with Crippen molar-refractivity contribution in [1.29, 1.82) is 0 Å². The van der Waals surface area contributed by atoms with Gasteiger partial charge in [-0.05, 0) is 54.6 Å². The molecule has 0 unspecified atom stereocenters. The summed E-state index contributed by atoms with van der Waals surface area (Å²) < 4.78 is 11.1. The maximum Gasteiger partial charge on any atom is 0.279 e. The van der Waals surface area contributed by atoms with Crippen LogP contribution >= 0.6 is 11.8 Å². The van der Waals surface area contributed by atoms with E-state index in [4.69, 9.17) is 15.9 Å². The fraction of sp³-hybridized carbons (Fsp3) is 0.136. The van der Waals surface area contributed by atoms with Gasteiger partial charge in [-0.3, -0.25) is 9.59 Å². The quantitative estimate of drug-likeness (QED) is 0.587. The van der Waals surface area contributed by atoms with E-state index in [1.807, 2.05) is 13.0 Å². The first-order valence-corrected chi connectivity index (χ1v) is 9.64. The maximum atomic E-state index is 12.3. The first-order valence-electron chi connectivity index (χ1n) is 8.82. The molecule has 1 fully saturated rings. The molecular formula is C22H18N2O4S. The molecular weight excluding hydrogens is 388 g/mol. The number of rotatable bonds is 6. The predicted molar refractivity (Wildman–Crippen MR) is 114 cm³/mol. The van der Waals surface area contributed by atoms with E-state index in [0.717, 1.165) is 17.3 Å². The number of terminal acetylenes is 1. The average molecular weight is 406 g/mol. The number of ether oxygens (including phenoxy) is 2. The zero-order chi connectivity index (χ0) is 20.6. The smallest absolute Gasteiger partial charge is 0.279 e. The first kappa shape index (κ1) is 20.2. The van der Waals surface area contributed by atoms with Gasteiger partial charge in [0, 0.05) is 5.56 Å². The van der Waals surface area contributed by atoms with Crippen LogP contribution in [-0.4, -0.2) is 30.2 Å². The van der Waals surface area contributed by atoms with E-state index in [1.54, 1.807) is 48.5 Å². The molecule has 1 N–H and O–H groups in total. The number of carbonyl (C=O) groups excluding carboxylic acids is 2. The molecule has 146 valence electrons. The Hall–Kier alpha value is -3.50. The molecule has 3 rings (SSSR count). The molecule has 6 nitrogen and oxygen atoms in total. The van der Waals surface area contributed by atoms with Crippen LogP contribution in [0, 0.1) is 12.3 Å². The van der Waals surface area contributed by atoms with Gasteiger partial charge >= 0.3 is 0 Å². The van der Waals surface area contributed by atoms with Gasteiger partial charge in [0.25, 0.3) is 11.8 Å². The molecule has 7 heteroatoms. The third-order valence-corrected chi connectivity index (χ3v) is 4.66. The molecule has 0 atom stereocenters. The molecule has 0 aliphatic carbocycles. The molecule has 1 saturated heterocycles. The Morgan fingerprint density at radius 3 is 2.72 bits per heavy atom. The van der Waals surface area contributed by atoms with Crippen LogP contribution in [0.25, 0.3) is 6.08 Å². The number of nitrogens with zero attached hydrogens (tertiary/aromatic N) is 1. The molecule has 1 aliphatic heterocycles. The van der Waals surface area contributed by atoms with Crippen LogP contribution in [0.2, 0.25) is 0 Å². The Morgan fingerprint density at radius 1 is 1.21 bits per heavy atom. The van der Waals surface area contributed by atoms with Crippen molar-refractivity contribution in [3.05, 3.63) is 64.6 Å². The van der Waals surface area contributed by atoms with Gasteiger partial charge in [-0.1, -0.05) is 30.2 Å². The largest absolute Gasteiger partial charge is 0.490 e. The second kappa shape index (κ2) is 9.62. The lowest BCUT2D eigenvalue weighted by atomic mass is 10.2. The van der Waals surface area contributed by atoms with Crippen molar-refractivity contribution in [3.8, 4) is 23.8 Å². The monoisotopic (exact) mass is 406 g/mol. The topological polar surface area (TPSA) is 77.0 Å². The van der Waals surface area contributed by atoms with Crippen LogP contribution in [0.4, 0.5) is 0 Å². The van der Waals surface area contributed by atoms with Crippen LogP contribution < -0.4 is 14.8 Å². The van der Waals surface area contributed by atoms with Crippen molar-refractivity contribution < 1.29 is 19.1 Å². The Kier molecular flexibility index (Phi) is 6.72. The van der Waals surface area contributed by atoms with Crippen LogP contribution in [0.1, 0.15) is 22.8 Å². The Morgan fingerprint density at radius 2 is 2.00 bits per heavy atom. The van der Waals surface area contributed by atoms with Crippen molar-refractivity contribution in [2.45, 2.75) is 6.92 Å². The SMILES string of the molecule is C#CCOc1ccc(/C=C2\SC(=NC(=O)c3ccccc3)NC2=O)cc1OCC. The van der Waals surface area contributed by atoms with E-state index < -0.39 is 5.91 Å². The third-order valence-electron chi connectivity index (χ3n) is 3.75. The highest BCUT2D eigenvalue weighted by atomic mass is 32.2. The number of benzene rings is 2.